The van der Waals surface area contributed by atoms with E-state index in [2.05, 4.69) is 16.7 Å². The van der Waals surface area contributed by atoms with Crippen LogP contribution in [0.4, 0.5) is 11.4 Å². The zero-order chi connectivity index (χ0) is 20.4. The third-order valence-corrected chi connectivity index (χ3v) is 3.68. The van der Waals surface area contributed by atoms with Crippen molar-refractivity contribution < 1.29 is 19.0 Å². The van der Waals surface area contributed by atoms with Gasteiger partial charge in [-0.05, 0) is 51.1 Å². The smallest absolute Gasteiger partial charge is 0.243 e. The van der Waals surface area contributed by atoms with Gasteiger partial charge in [-0.3, -0.25) is 4.79 Å². The SMILES string of the molecule is CCOc1ccc(C#N)cc1NCC(=O)Nc1ccc(OCC)c(OCC)c1. The quantitative estimate of drug-likeness (QED) is 0.648. The summed E-state index contributed by atoms with van der Waals surface area (Å²) in [6, 6.07) is 12.4. The Bertz CT molecular complexity index is 846. The average molecular weight is 383 g/mol. The molecule has 1 amide bonds. The topological polar surface area (TPSA) is 92.6 Å². The number of benzene rings is 2. The molecular formula is C21H25N3O4. The van der Waals surface area contributed by atoms with Gasteiger partial charge >= 0.3 is 0 Å². The predicted molar refractivity (Wildman–Crippen MR) is 108 cm³/mol. The molecule has 0 aromatic heterocycles. The molecule has 0 unspecified atom stereocenters. The fraction of sp³-hybridized carbons (Fsp3) is 0.333. The lowest BCUT2D eigenvalue weighted by molar-refractivity contribution is -0.114. The van der Waals surface area contributed by atoms with Crippen molar-refractivity contribution in [3.63, 3.8) is 0 Å². The fourth-order valence-corrected chi connectivity index (χ4v) is 2.53. The van der Waals surface area contributed by atoms with Gasteiger partial charge in [0.05, 0.1) is 43.7 Å². The normalized spacial score (nSPS) is 9.93. The first-order valence-corrected chi connectivity index (χ1v) is 9.21. The molecule has 7 nitrogen and oxygen atoms in total. The highest BCUT2D eigenvalue weighted by molar-refractivity contribution is 5.94. The van der Waals surface area contributed by atoms with Crippen molar-refractivity contribution in [1.29, 1.82) is 5.26 Å². The summed E-state index contributed by atoms with van der Waals surface area (Å²) in [6.45, 7) is 7.18. The minimum Gasteiger partial charge on any atom is -0.492 e. The van der Waals surface area contributed by atoms with Crippen LogP contribution in [0.2, 0.25) is 0 Å². The molecule has 0 saturated carbocycles. The summed E-state index contributed by atoms with van der Waals surface area (Å²) in [5.41, 5.74) is 1.69. The van der Waals surface area contributed by atoms with Crippen LogP contribution in [0.1, 0.15) is 26.3 Å². The Morgan fingerprint density at radius 3 is 2.25 bits per heavy atom. The molecule has 0 spiro atoms. The molecular weight excluding hydrogens is 358 g/mol. The number of rotatable bonds is 10. The number of carbonyl (C=O) groups excluding carboxylic acids is 1. The Kier molecular flexibility index (Phi) is 7.97. The van der Waals surface area contributed by atoms with Crippen LogP contribution in [0.5, 0.6) is 17.2 Å². The van der Waals surface area contributed by atoms with E-state index in [0.29, 0.717) is 54.0 Å². The lowest BCUT2D eigenvalue weighted by Gasteiger charge is -2.14. The third-order valence-electron chi connectivity index (χ3n) is 3.68. The number of anilines is 2. The summed E-state index contributed by atoms with van der Waals surface area (Å²) in [4.78, 5) is 12.3. The lowest BCUT2D eigenvalue weighted by Crippen LogP contribution is -2.22. The summed E-state index contributed by atoms with van der Waals surface area (Å²) in [5, 5.41) is 14.9. The number of hydrogen-bond acceptors (Lipinski definition) is 6. The molecule has 2 N–H and O–H groups in total. The van der Waals surface area contributed by atoms with Crippen molar-refractivity contribution in [1.82, 2.24) is 0 Å². The molecule has 148 valence electrons. The van der Waals surface area contributed by atoms with Gasteiger partial charge in [-0.15, -0.1) is 0 Å². The van der Waals surface area contributed by atoms with E-state index in [9.17, 15) is 4.79 Å². The van der Waals surface area contributed by atoms with Crippen LogP contribution in [0, 0.1) is 11.3 Å². The molecule has 0 aliphatic carbocycles. The van der Waals surface area contributed by atoms with Crippen LogP contribution >= 0.6 is 0 Å². The number of hydrogen-bond donors (Lipinski definition) is 2. The largest absolute Gasteiger partial charge is 0.492 e. The molecule has 0 saturated heterocycles. The first-order valence-electron chi connectivity index (χ1n) is 9.21. The predicted octanol–water partition coefficient (Wildman–Crippen LogP) is 3.80. The Hall–Kier alpha value is -3.40. The maximum Gasteiger partial charge on any atom is 0.243 e. The van der Waals surface area contributed by atoms with Crippen molar-refractivity contribution in [3.8, 4) is 23.3 Å². The van der Waals surface area contributed by atoms with Crippen LogP contribution < -0.4 is 24.8 Å². The van der Waals surface area contributed by atoms with Crippen molar-refractivity contribution in [2.75, 3.05) is 37.0 Å². The van der Waals surface area contributed by atoms with E-state index in [1.807, 2.05) is 20.8 Å². The van der Waals surface area contributed by atoms with Gasteiger partial charge < -0.3 is 24.8 Å². The van der Waals surface area contributed by atoms with Crippen molar-refractivity contribution >= 4 is 17.3 Å². The molecule has 0 aliphatic rings. The third kappa shape index (κ3) is 5.81. The van der Waals surface area contributed by atoms with E-state index in [4.69, 9.17) is 19.5 Å². The van der Waals surface area contributed by atoms with Crippen molar-refractivity contribution in [3.05, 3.63) is 42.0 Å². The molecule has 7 heteroatoms. The highest BCUT2D eigenvalue weighted by Gasteiger charge is 2.10. The van der Waals surface area contributed by atoms with Crippen molar-refractivity contribution in [2.24, 2.45) is 0 Å². The summed E-state index contributed by atoms with van der Waals surface area (Å²) < 4.78 is 16.6. The number of nitriles is 1. The highest BCUT2D eigenvalue weighted by Crippen LogP contribution is 2.30. The number of carbonyl (C=O) groups is 1. The van der Waals surface area contributed by atoms with Crippen LogP contribution in [-0.4, -0.2) is 32.3 Å². The molecule has 2 aromatic carbocycles. The van der Waals surface area contributed by atoms with Gasteiger partial charge in [0, 0.05) is 11.8 Å². The van der Waals surface area contributed by atoms with Crippen LogP contribution in [0.3, 0.4) is 0 Å². The van der Waals surface area contributed by atoms with Crippen molar-refractivity contribution in [2.45, 2.75) is 20.8 Å². The standard InChI is InChI=1S/C21H25N3O4/c1-4-26-18-9-7-15(13-22)11-17(18)23-14-21(25)24-16-8-10-19(27-5-2)20(12-16)28-6-3/h7-12,23H,4-6,14H2,1-3H3,(H,24,25). The minimum atomic E-state index is -0.239. The van der Waals surface area contributed by atoms with Gasteiger partial charge in [-0.2, -0.15) is 5.26 Å². The first kappa shape index (κ1) is 20.9. The molecule has 0 bridgehead atoms. The number of nitrogens with one attached hydrogen (secondary N) is 2. The Morgan fingerprint density at radius 2 is 1.57 bits per heavy atom. The molecule has 2 aromatic rings. The Labute approximate surface area is 165 Å². The highest BCUT2D eigenvalue weighted by atomic mass is 16.5. The Morgan fingerprint density at radius 1 is 0.929 bits per heavy atom. The molecule has 2 rings (SSSR count). The van der Waals surface area contributed by atoms with E-state index in [-0.39, 0.29) is 12.5 Å². The second kappa shape index (κ2) is 10.7. The molecule has 0 fully saturated rings. The Balaban J connectivity index is 2.05. The molecule has 0 atom stereocenters. The van der Waals surface area contributed by atoms with Gasteiger partial charge in [-0.1, -0.05) is 0 Å². The maximum atomic E-state index is 12.3. The van der Waals surface area contributed by atoms with E-state index < -0.39 is 0 Å². The monoisotopic (exact) mass is 383 g/mol. The van der Waals surface area contributed by atoms with E-state index >= 15 is 0 Å². The average Bonchev–Trinajstić information content (AvgIpc) is 2.69. The summed E-state index contributed by atoms with van der Waals surface area (Å²) in [7, 11) is 0. The summed E-state index contributed by atoms with van der Waals surface area (Å²) in [5.74, 6) is 1.57. The minimum absolute atomic E-state index is 0.0200. The first-order chi connectivity index (χ1) is 13.6. The van der Waals surface area contributed by atoms with Gasteiger partial charge in [-0.25, -0.2) is 0 Å². The van der Waals surface area contributed by atoms with Crippen LogP contribution in [-0.2, 0) is 4.79 Å². The van der Waals surface area contributed by atoms with E-state index in [0.717, 1.165) is 0 Å². The van der Waals surface area contributed by atoms with E-state index in [1.54, 1.807) is 36.4 Å². The maximum absolute atomic E-state index is 12.3. The van der Waals surface area contributed by atoms with E-state index in [1.165, 1.54) is 0 Å². The summed E-state index contributed by atoms with van der Waals surface area (Å²) in [6.07, 6.45) is 0. The second-order valence-electron chi connectivity index (χ2n) is 5.69. The lowest BCUT2D eigenvalue weighted by atomic mass is 10.2. The zero-order valence-electron chi connectivity index (χ0n) is 16.4. The van der Waals surface area contributed by atoms with Gasteiger partial charge in [0.1, 0.15) is 5.75 Å². The van der Waals surface area contributed by atoms with Gasteiger partial charge in [0.2, 0.25) is 5.91 Å². The zero-order valence-corrected chi connectivity index (χ0v) is 16.4. The number of amides is 1. The van der Waals surface area contributed by atoms with Gasteiger partial charge in [0.25, 0.3) is 0 Å². The second-order valence-corrected chi connectivity index (χ2v) is 5.69. The summed E-state index contributed by atoms with van der Waals surface area (Å²) >= 11 is 0. The van der Waals surface area contributed by atoms with Gasteiger partial charge in [0.15, 0.2) is 11.5 Å². The molecule has 0 radical (unpaired) electrons. The molecule has 0 aliphatic heterocycles. The number of ether oxygens (including phenoxy) is 3. The van der Waals surface area contributed by atoms with Crippen LogP contribution in [0.25, 0.3) is 0 Å². The van der Waals surface area contributed by atoms with Crippen LogP contribution in [0.15, 0.2) is 36.4 Å². The number of nitrogens with zero attached hydrogens (tertiary/aromatic N) is 1. The molecule has 28 heavy (non-hydrogen) atoms. The molecule has 0 heterocycles. The fourth-order valence-electron chi connectivity index (χ4n) is 2.53.